The summed E-state index contributed by atoms with van der Waals surface area (Å²) in [6.45, 7) is 16.2. The van der Waals surface area contributed by atoms with Crippen molar-refractivity contribution in [3.8, 4) is 0 Å². The number of likely N-dealkylation sites (tertiary alicyclic amines) is 1. The summed E-state index contributed by atoms with van der Waals surface area (Å²) >= 11 is 0. The summed E-state index contributed by atoms with van der Waals surface area (Å²) in [4.78, 5) is 27.1. The standard InChI is InChI=1S/C22H44N2O2Si2/c1-7-27(8-2,9-3)24(28(10-4,11-5)12-6)18-14-17-23-21(25)19-15-13-16-20(19)22(23)26/h19-20H,7-18H2,1-6H3. The molecule has 1 aliphatic heterocycles. The van der Waals surface area contributed by atoms with E-state index < -0.39 is 16.5 Å². The molecular weight excluding hydrogens is 380 g/mol. The predicted molar refractivity (Wildman–Crippen MR) is 123 cm³/mol. The Kier molecular flexibility index (Phi) is 8.53. The van der Waals surface area contributed by atoms with Gasteiger partial charge in [-0.25, -0.2) is 0 Å². The molecule has 2 aliphatic rings. The minimum Gasteiger partial charge on any atom is -0.345 e. The molecule has 2 rings (SSSR count). The van der Waals surface area contributed by atoms with Gasteiger partial charge in [0.05, 0.1) is 11.8 Å². The van der Waals surface area contributed by atoms with Crippen molar-refractivity contribution in [2.45, 2.75) is 103 Å². The van der Waals surface area contributed by atoms with Gasteiger partial charge in [-0.2, -0.15) is 0 Å². The second-order valence-electron chi connectivity index (χ2n) is 9.05. The SMILES string of the molecule is CC[Si](CC)(CC)N(CCCN1C(=O)C2CCCC2C1=O)[Si](CC)(CC)CC. The number of fused-ring (bicyclic) bond motifs is 1. The molecule has 0 N–H and O–H groups in total. The van der Waals surface area contributed by atoms with E-state index >= 15 is 0 Å². The van der Waals surface area contributed by atoms with Gasteiger partial charge >= 0.3 is 0 Å². The van der Waals surface area contributed by atoms with E-state index in [1.807, 2.05) is 0 Å². The summed E-state index contributed by atoms with van der Waals surface area (Å²) in [7, 11) is -2.94. The van der Waals surface area contributed by atoms with Crippen molar-refractivity contribution in [2.24, 2.45) is 11.8 Å². The highest BCUT2D eigenvalue weighted by Crippen LogP contribution is 2.40. The van der Waals surface area contributed by atoms with Crippen LogP contribution in [0.5, 0.6) is 0 Å². The molecule has 162 valence electrons. The van der Waals surface area contributed by atoms with E-state index in [1.165, 1.54) is 36.3 Å². The summed E-state index contributed by atoms with van der Waals surface area (Å²) in [6, 6.07) is 7.92. The molecule has 2 fully saturated rings. The number of carbonyl (C=O) groups excluding carboxylic acids is 2. The van der Waals surface area contributed by atoms with Crippen LogP contribution in [0.25, 0.3) is 0 Å². The number of amides is 2. The van der Waals surface area contributed by atoms with Crippen LogP contribution in [0.4, 0.5) is 0 Å². The van der Waals surface area contributed by atoms with Gasteiger partial charge in [0.25, 0.3) is 0 Å². The number of hydrogen-bond donors (Lipinski definition) is 0. The summed E-state index contributed by atoms with van der Waals surface area (Å²) in [5.41, 5.74) is 0. The number of imide groups is 1. The highest BCUT2D eigenvalue weighted by atomic mass is 28.4. The Morgan fingerprint density at radius 3 is 1.54 bits per heavy atom. The highest BCUT2D eigenvalue weighted by Gasteiger charge is 2.50. The summed E-state index contributed by atoms with van der Waals surface area (Å²) < 4.78 is 3.06. The van der Waals surface area contributed by atoms with Gasteiger partial charge in [0.1, 0.15) is 16.5 Å². The van der Waals surface area contributed by atoms with E-state index in [9.17, 15) is 9.59 Å². The van der Waals surface area contributed by atoms with Crippen molar-refractivity contribution in [2.75, 3.05) is 13.1 Å². The molecule has 0 aromatic carbocycles. The van der Waals surface area contributed by atoms with Crippen LogP contribution < -0.4 is 0 Å². The van der Waals surface area contributed by atoms with Crippen LogP contribution in [0, 0.1) is 11.8 Å². The minimum absolute atomic E-state index is 0.00869. The predicted octanol–water partition coefficient (Wildman–Crippen LogP) is 5.47. The molecule has 6 heteroatoms. The van der Waals surface area contributed by atoms with Crippen LogP contribution in [0.3, 0.4) is 0 Å². The van der Waals surface area contributed by atoms with Gasteiger partial charge in [-0.3, -0.25) is 14.5 Å². The Hall–Kier alpha value is -0.466. The Morgan fingerprint density at radius 2 is 1.18 bits per heavy atom. The van der Waals surface area contributed by atoms with Crippen molar-refractivity contribution in [1.82, 2.24) is 9.13 Å². The van der Waals surface area contributed by atoms with E-state index in [0.717, 1.165) is 32.2 Å². The maximum absolute atomic E-state index is 12.7. The van der Waals surface area contributed by atoms with Crippen LogP contribution in [0.15, 0.2) is 0 Å². The minimum atomic E-state index is -1.47. The lowest BCUT2D eigenvalue weighted by Crippen LogP contribution is -2.66. The molecule has 4 nitrogen and oxygen atoms in total. The molecule has 0 aromatic rings. The van der Waals surface area contributed by atoms with E-state index in [0.29, 0.717) is 6.54 Å². The Labute approximate surface area is 175 Å². The lowest BCUT2D eigenvalue weighted by molar-refractivity contribution is -0.140. The molecule has 2 amide bonds. The quantitative estimate of drug-likeness (QED) is 0.308. The molecule has 1 aliphatic carbocycles. The first-order valence-corrected chi connectivity index (χ1v) is 17.2. The fourth-order valence-corrected chi connectivity index (χ4v) is 19.7. The molecule has 0 aromatic heterocycles. The Bertz CT molecular complexity index is 488. The third-order valence-corrected chi connectivity index (χ3v) is 22.0. The monoisotopic (exact) mass is 424 g/mol. The van der Waals surface area contributed by atoms with E-state index in [2.05, 4.69) is 45.8 Å². The molecule has 2 atom stereocenters. The first-order chi connectivity index (χ1) is 13.4. The number of carbonyl (C=O) groups is 2. The van der Waals surface area contributed by atoms with Crippen molar-refractivity contribution < 1.29 is 9.59 Å². The van der Waals surface area contributed by atoms with Crippen LogP contribution in [-0.4, -0.2) is 50.5 Å². The molecule has 1 saturated heterocycles. The van der Waals surface area contributed by atoms with E-state index in [4.69, 9.17) is 0 Å². The van der Waals surface area contributed by atoms with Crippen LogP contribution in [-0.2, 0) is 9.59 Å². The molecule has 0 spiro atoms. The van der Waals surface area contributed by atoms with Gasteiger partial charge in [0.2, 0.25) is 11.8 Å². The van der Waals surface area contributed by atoms with Gasteiger partial charge in [-0.15, -0.1) is 0 Å². The summed E-state index contributed by atoms with van der Waals surface area (Å²) in [5, 5.41) is 0. The van der Waals surface area contributed by atoms with Gasteiger partial charge < -0.3 is 4.23 Å². The largest absolute Gasteiger partial charge is 0.345 e. The number of nitrogens with zero attached hydrogens (tertiary/aromatic N) is 2. The maximum Gasteiger partial charge on any atom is 0.233 e. The molecule has 0 radical (unpaired) electrons. The van der Waals surface area contributed by atoms with Crippen molar-refractivity contribution in [1.29, 1.82) is 0 Å². The van der Waals surface area contributed by atoms with Crippen LogP contribution in [0.1, 0.15) is 67.2 Å². The fourth-order valence-electron chi connectivity index (χ4n) is 6.29. The van der Waals surface area contributed by atoms with Crippen molar-refractivity contribution in [3.63, 3.8) is 0 Å². The zero-order valence-corrected chi connectivity index (χ0v) is 21.4. The lowest BCUT2D eigenvalue weighted by atomic mass is 10.00. The molecule has 28 heavy (non-hydrogen) atoms. The van der Waals surface area contributed by atoms with Gasteiger partial charge in [-0.05, 0) is 62.1 Å². The fraction of sp³-hybridized carbons (Fsp3) is 0.909. The summed E-state index contributed by atoms with van der Waals surface area (Å²) in [6.07, 6.45) is 3.85. The highest BCUT2D eigenvalue weighted by molar-refractivity contribution is 6.92. The summed E-state index contributed by atoms with van der Waals surface area (Å²) in [5.74, 6) is 0.284. The maximum atomic E-state index is 12.7. The smallest absolute Gasteiger partial charge is 0.233 e. The molecular formula is C22H44N2O2Si2. The second-order valence-corrected chi connectivity index (χ2v) is 19.7. The molecule has 1 saturated carbocycles. The molecule has 1 heterocycles. The Balaban J connectivity index is 2.15. The Morgan fingerprint density at radius 1 is 0.786 bits per heavy atom. The van der Waals surface area contributed by atoms with Crippen molar-refractivity contribution >= 4 is 28.3 Å². The first kappa shape index (κ1) is 23.8. The number of rotatable bonds is 12. The molecule has 0 bridgehead atoms. The number of hydrogen-bond acceptors (Lipinski definition) is 3. The first-order valence-electron chi connectivity index (χ1n) is 12.0. The third kappa shape index (κ3) is 4.06. The topological polar surface area (TPSA) is 40.6 Å². The van der Waals surface area contributed by atoms with Gasteiger partial charge in [0.15, 0.2) is 0 Å². The average Bonchev–Trinajstić information content (AvgIpc) is 3.30. The normalized spacial score (nSPS) is 23.2. The van der Waals surface area contributed by atoms with Crippen LogP contribution >= 0.6 is 0 Å². The zero-order chi connectivity index (χ0) is 20.9. The van der Waals surface area contributed by atoms with Crippen molar-refractivity contribution in [3.05, 3.63) is 0 Å². The van der Waals surface area contributed by atoms with Gasteiger partial charge in [0, 0.05) is 6.54 Å². The van der Waals surface area contributed by atoms with E-state index in [-0.39, 0.29) is 23.7 Å². The zero-order valence-electron chi connectivity index (χ0n) is 19.4. The van der Waals surface area contributed by atoms with Crippen LogP contribution in [0.2, 0.25) is 36.3 Å². The second kappa shape index (κ2) is 10.0. The lowest BCUT2D eigenvalue weighted by Gasteiger charge is -2.52. The van der Waals surface area contributed by atoms with Gasteiger partial charge in [-0.1, -0.05) is 48.0 Å². The van der Waals surface area contributed by atoms with E-state index in [1.54, 1.807) is 4.90 Å². The average molecular weight is 425 g/mol. The third-order valence-electron chi connectivity index (χ3n) is 8.54. The molecule has 2 unspecified atom stereocenters.